The maximum Gasteiger partial charge on any atom is 0.270 e. The third kappa shape index (κ3) is 3.91. The van der Waals surface area contributed by atoms with Gasteiger partial charge in [-0.2, -0.15) is 0 Å². The molecule has 3 heterocycles. The van der Waals surface area contributed by atoms with Crippen molar-refractivity contribution in [3.8, 4) is 16.9 Å². The lowest BCUT2D eigenvalue weighted by Crippen LogP contribution is -2.27. The maximum absolute atomic E-state index is 12.9. The Morgan fingerprint density at radius 1 is 1.03 bits per heavy atom. The molecule has 0 aliphatic carbocycles. The van der Waals surface area contributed by atoms with Crippen molar-refractivity contribution < 1.29 is 9.53 Å². The first-order chi connectivity index (χ1) is 14.2. The zero-order chi connectivity index (χ0) is 20.2. The van der Waals surface area contributed by atoms with Crippen molar-refractivity contribution in [2.75, 3.05) is 7.11 Å². The number of nitrogens with one attached hydrogen (secondary N) is 1. The monoisotopic (exact) mass is 384 g/mol. The lowest BCUT2D eigenvalue weighted by Gasteiger charge is -2.15. The van der Waals surface area contributed by atoms with Crippen molar-refractivity contribution in [1.82, 2.24) is 20.3 Å². The van der Waals surface area contributed by atoms with Gasteiger partial charge in [-0.05, 0) is 48.4 Å². The summed E-state index contributed by atoms with van der Waals surface area (Å²) in [6.07, 6.45) is 6.91. The highest BCUT2D eigenvalue weighted by atomic mass is 16.5. The van der Waals surface area contributed by atoms with E-state index in [0.717, 1.165) is 27.8 Å². The van der Waals surface area contributed by atoms with Gasteiger partial charge < -0.3 is 10.1 Å². The molecule has 3 aromatic heterocycles. The molecule has 0 saturated carbocycles. The standard InChI is InChI=1S/C23H20N4O2/c1-15(16-5-7-18(29-2)8-6-16)26-23(28)22-12-19(17-4-3-10-24-13-17)20-14-25-11-9-21(20)27-22/h3-15H,1-2H3,(H,26,28)/t15-/m0/s1. The fourth-order valence-electron chi connectivity index (χ4n) is 3.19. The van der Waals surface area contributed by atoms with Crippen LogP contribution in [0.25, 0.3) is 22.0 Å². The van der Waals surface area contributed by atoms with Crippen molar-refractivity contribution in [1.29, 1.82) is 0 Å². The van der Waals surface area contributed by atoms with Crippen molar-refractivity contribution in [2.45, 2.75) is 13.0 Å². The topological polar surface area (TPSA) is 77.0 Å². The van der Waals surface area contributed by atoms with Gasteiger partial charge in [0.05, 0.1) is 18.7 Å². The molecule has 1 N–H and O–H groups in total. The summed E-state index contributed by atoms with van der Waals surface area (Å²) in [6, 6.07) is 14.9. The van der Waals surface area contributed by atoms with Crippen molar-refractivity contribution in [3.05, 3.63) is 84.6 Å². The summed E-state index contributed by atoms with van der Waals surface area (Å²) in [5.41, 5.74) is 3.83. The highest BCUT2D eigenvalue weighted by molar-refractivity contribution is 6.01. The lowest BCUT2D eigenvalue weighted by atomic mass is 10.0. The highest BCUT2D eigenvalue weighted by Gasteiger charge is 2.16. The smallest absolute Gasteiger partial charge is 0.270 e. The highest BCUT2D eigenvalue weighted by Crippen LogP contribution is 2.28. The molecule has 4 rings (SSSR count). The Kier molecular flexibility index (Phi) is 5.16. The summed E-state index contributed by atoms with van der Waals surface area (Å²) in [6.45, 7) is 1.94. The second kappa shape index (κ2) is 8.06. The number of methoxy groups -OCH3 is 1. The van der Waals surface area contributed by atoms with Crippen molar-refractivity contribution in [2.24, 2.45) is 0 Å². The van der Waals surface area contributed by atoms with Crippen LogP contribution in [0.2, 0.25) is 0 Å². The average molecular weight is 384 g/mol. The molecule has 29 heavy (non-hydrogen) atoms. The molecule has 6 nitrogen and oxygen atoms in total. The molecule has 0 spiro atoms. The normalized spacial score (nSPS) is 11.8. The van der Waals surface area contributed by atoms with Gasteiger partial charge in [-0.25, -0.2) is 4.98 Å². The minimum atomic E-state index is -0.239. The van der Waals surface area contributed by atoms with Gasteiger partial charge >= 0.3 is 0 Å². The summed E-state index contributed by atoms with van der Waals surface area (Å²) < 4.78 is 5.19. The van der Waals surface area contributed by atoms with Crippen molar-refractivity contribution >= 4 is 16.8 Å². The Morgan fingerprint density at radius 3 is 2.55 bits per heavy atom. The number of ether oxygens (including phenoxy) is 1. The summed E-state index contributed by atoms with van der Waals surface area (Å²) >= 11 is 0. The number of nitrogens with zero attached hydrogens (tertiary/aromatic N) is 3. The number of benzene rings is 1. The molecule has 0 unspecified atom stereocenters. The fraction of sp³-hybridized carbons (Fsp3) is 0.130. The quantitative estimate of drug-likeness (QED) is 0.558. The number of pyridine rings is 3. The summed E-state index contributed by atoms with van der Waals surface area (Å²) in [5.74, 6) is 0.537. The SMILES string of the molecule is COc1ccc([C@H](C)NC(=O)c2cc(-c3cccnc3)c3cnccc3n2)cc1. The van der Waals surface area contributed by atoms with Gasteiger partial charge in [0.2, 0.25) is 0 Å². The summed E-state index contributed by atoms with van der Waals surface area (Å²) in [7, 11) is 1.63. The molecule has 6 heteroatoms. The maximum atomic E-state index is 12.9. The predicted octanol–water partition coefficient (Wildman–Crippen LogP) is 4.19. The molecule has 0 aliphatic heterocycles. The largest absolute Gasteiger partial charge is 0.497 e. The minimum Gasteiger partial charge on any atom is -0.497 e. The van der Waals surface area contributed by atoms with E-state index >= 15 is 0 Å². The van der Waals surface area contributed by atoms with E-state index in [9.17, 15) is 4.79 Å². The Morgan fingerprint density at radius 2 is 1.83 bits per heavy atom. The molecule has 1 aromatic carbocycles. The third-order valence-corrected chi connectivity index (χ3v) is 4.78. The molecule has 0 fully saturated rings. The second-order valence-electron chi connectivity index (χ2n) is 6.66. The predicted molar refractivity (Wildman–Crippen MR) is 112 cm³/mol. The number of rotatable bonds is 5. The molecule has 0 saturated heterocycles. The van der Waals surface area contributed by atoms with Crippen LogP contribution in [0.4, 0.5) is 0 Å². The molecule has 0 bridgehead atoms. The average Bonchev–Trinajstić information content (AvgIpc) is 2.78. The molecule has 1 amide bonds. The van der Waals surface area contributed by atoms with Crippen LogP contribution in [0, 0.1) is 0 Å². The minimum absolute atomic E-state index is 0.176. The van der Waals surface area contributed by atoms with Crippen LogP contribution in [0.15, 0.2) is 73.3 Å². The van der Waals surface area contributed by atoms with E-state index in [1.165, 1.54) is 0 Å². The molecular weight excluding hydrogens is 364 g/mol. The number of hydrogen-bond donors (Lipinski definition) is 1. The van der Waals surface area contributed by atoms with Gasteiger partial charge in [0, 0.05) is 35.7 Å². The van der Waals surface area contributed by atoms with Gasteiger partial charge in [-0.15, -0.1) is 0 Å². The third-order valence-electron chi connectivity index (χ3n) is 4.78. The Balaban J connectivity index is 1.67. The molecule has 144 valence electrons. The van der Waals surface area contributed by atoms with Crippen molar-refractivity contribution in [3.63, 3.8) is 0 Å². The van der Waals surface area contributed by atoms with Crippen LogP contribution < -0.4 is 10.1 Å². The molecular formula is C23H20N4O2. The van der Waals surface area contributed by atoms with Gasteiger partial charge in [0.1, 0.15) is 11.4 Å². The van der Waals surface area contributed by atoms with Gasteiger partial charge in [-0.1, -0.05) is 18.2 Å². The first-order valence-electron chi connectivity index (χ1n) is 9.25. The Hall–Kier alpha value is -3.80. The van der Waals surface area contributed by atoms with E-state index in [4.69, 9.17) is 4.74 Å². The number of carbonyl (C=O) groups excluding carboxylic acids is 1. The van der Waals surface area contributed by atoms with Crippen LogP contribution in [0.3, 0.4) is 0 Å². The Labute approximate surface area is 168 Å². The van der Waals surface area contributed by atoms with E-state index in [1.807, 2.05) is 43.3 Å². The second-order valence-corrected chi connectivity index (χ2v) is 6.66. The number of amides is 1. The van der Waals surface area contributed by atoms with Crippen LogP contribution in [0.5, 0.6) is 5.75 Å². The van der Waals surface area contributed by atoms with E-state index in [-0.39, 0.29) is 11.9 Å². The first-order valence-corrected chi connectivity index (χ1v) is 9.25. The first kappa shape index (κ1) is 18.6. The van der Waals surface area contributed by atoms with E-state index in [2.05, 4.69) is 20.3 Å². The summed E-state index contributed by atoms with van der Waals surface area (Å²) in [5, 5.41) is 3.90. The Bertz CT molecular complexity index is 1140. The van der Waals surface area contributed by atoms with Gasteiger partial charge in [0.15, 0.2) is 0 Å². The molecule has 1 atom stereocenters. The molecule has 0 aliphatic rings. The zero-order valence-electron chi connectivity index (χ0n) is 16.2. The van der Waals surface area contributed by atoms with E-state index < -0.39 is 0 Å². The van der Waals surface area contributed by atoms with E-state index in [1.54, 1.807) is 44.0 Å². The number of hydrogen-bond acceptors (Lipinski definition) is 5. The fourth-order valence-corrected chi connectivity index (χ4v) is 3.19. The number of carbonyl (C=O) groups is 1. The number of aromatic nitrogens is 3. The molecule has 4 aromatic rings. The summed E-state index contributed by atoms with van der Waals surface area (Å²) in [4.78, 5) is 25.9. The van der Waals surface area contributed by atoms with Crippen LogP contribution >= 0.6 is 0 Å². The lowest BCUT2D eigenvalue weighted by molar-refractivity contribution is 0.0935. The number of fused-ring (bicyclic) bond motifs is 1. The van der Waals surface area contributed by atoms with Crippen LogP contribution in [-0.4, -0.2) is 28.0 Å². The van der Waals surface area contributed by atoms with Crippen LogP contribution in [0.1, 0.15) is 29.0 Å². The van der Waals surface area contributed by atoms with Gasteiger partial charge in [-0.3, -0.25) is 14.8 Å². The zero-order valence-corrected chi connectivity index (χ0v) is 16.2. The van der Waals surface area contributed by atoms with Gasteiger partial charge in [0.25, 0.3) is 5.91 Å². The molecule has 0 radical (unpaired) electrons. The van der Waals surface area contributed by atoms with Crippen LogP contribution in [-0.2, 0) is 0 Å². The van der Waals surface area contributed by atoms with E-state index in [0.29, 0.717) is 11.2 Å².